The van der Waals surface area contributed by atoms with Gasteiger partial charge in [-0.1, -0.05) is 60.7 Å². The van der Waals surface area contributed by atoms with Crippen LogP contribution in [0.2, 0.25) is 0 Å². The molecule has 0 aliphatic heterocycles. The molecule has 0 saturated carbocycles. The number of aromatic amines is 1. The number of carbonyl (C=O) groups excluding carboxylic acids is 1. The lowest BCUT2D eigenvalue weighted by Gasteiger charge is -2.32. The third kappa shape index (κ3) is 3.78. The van der Waals surface area contributed by atoms with E-state index < -0.39 is 6.04 Å². The number of nitrogens with zero attached hydrogens (tertiary/aromatic N) is 1. The molecular weight excluding hydrogens is 336 g/mol. The molecule has 1 atom stereocenters. The first-order chi connectivity index (χ1) is 12.9. The minimum atomic E-state index is -0.750. The summed E-state index contributed by atoms with van der Waals surface area (Å²) >= 11 is 0. The van der Waals surface area contributed by atoms with Gasteiger partial charge in [-0.2, -0.15) is 5.10 Å². The average molecular weight is 362 g/mol. The molecule has 0 aliphatic rings. The second kappa shape index (κ2) is 7.76. The Morgan fingerprint density at radius 1 is 1.07 bits per heavy atom. The summed E-state index contributed by atoms with van der Waals surface area (Å²) in [5, 5.41) is 10.1. The summed E-state index contributed by atoms with van der Waals surface area (Å²) in [5.74, 6) is -0.208. The van der Waals surface area contributed by atoms with Gasteiger partial charge in [0.15, 0.2) is 0 Å². The minimum absolute atomic E-state index is 0.208. The van der Waals surface area contributed by atoms with Gasteiger partial charge in [0.05, 0.1) is 5.69 Å². The maximum atomic E-state index is 12.8. The molecule has 2 aromatic carbocycles. The van der Waals surface area contributed by atoms with E-state index in [1.54, 1.807) is 0 Å². The zero-order valence-electron chi connectivity index (χ0n) is 16.0. The summed E-state index contributed by atoms with van der Waals surface area (Å²) < 4.78 is 0. The van der Waals surface area contributed by atoms with Crippen LogP contribution in [0.5, 0.6) is 0 Å². The van der Waals surface area contributed by atoms with Crippen molar-refractivity contribution in [3.8, 4) is 0 Å². The average Bonchev–Trinajstić information content (AvgIpc) is 3.04. The van der Waals surface area contributed by atoms with Crippen molar-refractivity contribution in [1.29, 1.82) is 0 Å². The maximum absolute atomic E-state index is 12.8. The molecule has 140 valence electrons. The van der Waals surface area contributed by atoms with Crippen molar-refractivity contribution >= 4 is 5.91 Å². The normalized spacial score (nSPS) is 12.6. The van der Waals surface area contributed by atoms with Crippen molar-refractivity contribution in [2.24, 2.45) is 5.73 Å². The van der Waals surface area contributed by atoms with E-state index >= 15 is 0 Å². The molecule has 1 amide bonds. The zero-order chi connectivity index (χ0) is 19.4. The fraction of sp³-hybridized carbons (Fsp3) is 0.273. The first-order valence-electron chi connectivity index (χ1n) is 9.09. The van der Waals surface area contributed by atoms with Crippen LogP contribution in [0.1, 0.15) is 41.0 Å². The number of amides is 1. The lowest BCUT2D eigenvalue weighted by molar-refractivity contribution is -0.122. The van der Waals surface area contributed by atoms with Gasteiger partial charge in [-0.25, -0.2) is 0 Å². The monoisotopic (exact) mass is 362 g/mol. The number of aryl methyl sites for hydroxylation is 2. The van der Waals surface area contributed by atoms with Crippen molar-refractivity contribution in [2.75, 3.05) is 6.54 Å². The SMILES string of the molecule is Cc1n[nH]c(C)c1[C@H](N)C(=O)NCC(C)(c1ccccc1)c1ccccc1. The van der Waals surface area contributed by atoms with E-state index in [4.69, 9.17) is 5.73 Å². The highest BCUT2D eigenvalue weighted by atomic mass is 16.2. The van der Waals surface area contributed by atoms with Crippen molar-refractivity contribution < 1.29 is 4.79 Å². The molecular formula is C22H26N4O. The number of rotatable bonds is 6. The first-order valence-corrected chi connectivity index (χ1v) is 9.09. The summed E-state index contributed by atoms with van der Waals surface area (Å²) in [6, 6.07) is 19.6. The van der Waals surface area contributed by atoms with Gasteiger partial charge in [0, 0.05) is 23.2 Å². The molecule has 1 heterocycles. The van der Waals surface area contributed by atoms with Gasteiger partial charge >= 0.3 is 0 Å². The third-order valence-electron chi connectivity index (χ3n) is 5.22. The Labute approximate surface area is 160 Å². The number of benzene rings is 2. The molecule has 0 fully saturated rings. The molecule has 0 saturated heterocycles. The molecule has 0 bridgehead atoms. The van der Waals surface area contributed by atoms with Gasteiger partial charge in [-0.3, -0.25) is 9.89 Å². The number of hydrogen-bond donors (Lipinski definition) is 3. The van der Waals surface area contributed by atoms with E-state index in [0.717, 1.165) is 28.1 Å². The second-order valence-corrected chi connectivity index (χ2v) is 7.11. The van der Waals surface area contributed by atoms with Crippen LogP contribution >= 0.6 is 0 Å². The van der Waals surface area contributed by atoms with Gasteiger partial charge in [0.25, 0.3) is 0 Å². The highest BCUT2D eigenvalue weighted by Crippen LogP contribution is 2.31. The third-order valence-corrected chi connectivity index (χ3v) is 5.22. The molecule has 27 heavy (non-hydrogen) atoms. The molecule has 4 N–H and O–H groups in total. The van der Waals surface area contributed by atoms with Crippen molar-refractivity contribution in [2.45, 2.75) is 32.2 Å². The minimum Gasteiger partial charge on any atom is -0.353 e. The van der Waals surface area contributed by atoms with Crippen molar-refractivity contribution in [3.05, 3.63) is 88.7 Å². The molecule has 0 aliphatic carbocycles. The summed E-state index contributed by atoms with van der Waals surface area (Å²) in [6.07, 6.45) is 0. The standard InChI is InChI=1S/C22H26N4O/c1-15-19(16(2)26-25-15)20(23)21(27)24-14-22(3,17-10-6-4-7-11-17)18-12-8-5-9-13-18/h4-13,20H,14,23H2,1-3H3,(H,24,27)(H,25,26)/t20-/m0/s1. The fourth-order valence-electron chi connectivity index (χ4n) is 3.51. The zero-order valence-corrected chi connectivity index (χ0v) is 16.0. The van der Waals surface area contributed by atoms with E-state index in [1.165, 1.54) is 0 Å². The molecule has 0 unspecified atom stereocenters. The number of hydrogen-bond acceptors (Lipinski definition) is 3. The predicted octanol–water partition coefficient (Wildman–Crippen LogP) is 3.15. The Hall–Kier alpha value is -2.92. The molecule has 0 radical (unpaired) electrons. The first kappa shape index (κ1) is 18.9. The Balaban J connectivity index is 1.85. The van der Waals surface area contributed by atoms with Gasteiger partial charge < -0.3 is 11.1 Å². The lowest BCUT2D eigenvalue weighted by atomic mass is 9.76. The van der Waals surface area contributed by atoms with Gasteiger partial charge in [0.1, 0.15) is 6.04 Å². The summed E-state index contributed by atoms with van der Waals surface area (Å²) in [4.78, 5) is 12.8. The number of aromatic nitrogens is 2. The fourth-order valence-corrected chi connectivity index (χ4v) is 3.51. The Morgan fingerprint density at radius 2 is 1.59 bits per heavy atom. The van der Waals surface area contributed by atoms with Gasteiger partial charge in [-0.05, 0) is 31.9 Å². The van der Waals surface area contributed by atoms with Crippen LogP contribution in [0.3, 0.4) is 0 Å². The molecule has 0 spiro atoms. The van der Waals surface area contributed by atoms with Crippen LogP contribution in [-0.2, 0) is 10.2 Å². The van der Waals surface area contributed by atoms with Crippen LogP contribution in [0.4, 0.5) is 0 Å². The lowest BCUT2D eigenvalue weighted by Crippen LogP contribution is -2.43. The molecule has 5 nitrogen and oxygen atoms in total. The summed E-state index contributed by atoms with van der Waals surface area (Å²) in [5.41, 5.74) is 10.5. The van der Waals surface area contributed by atoms with Gasteiger partial charge in [0.2, 0.25) is 5.91 Å². The number of nitrogens with two attached hydrogens (primary N) is 1. The van der Waals surface area contributed by atoms with Crippen molar-refractivity contribution in [1.82, 2.24) is 15.5 Å². The molecule has 5 heteroatoms. The van der Waals surface area contributed by atoms with Crippen LogP contribution in [-0.4, -0.2) is 22.6 Å². The number of H-pyrrole nitrogens is 1. The van der Waals surface area contributed by atoms with E-state index in [0.29, 0.717) is 6.54 Å². The van der Waals surface area contributed by atoms with Crippen molar-refractivity contribution in [3.63, 3.8) is 0 Å². The summed E-state index contributed by atoms with van der Waals surface area (Å²) in [6.45, 7) is 6.31. The highest BCUT2D eigenvalue weighted by Gasteiger charge is 2.31. The van der Waals surface area contributed by atoms with E-state index in [-0.39, 0.29) is 11.3 Å². The Bertz CT molecular complexity index is 844. The highest BCUT2D eigenvalue weighted by molar-refractivity contribution is 5.83. The van der Waals surface area contributed by atoms with E-state index in [1.807, 2.05) is 50.2 Å². The molecule has 3 aromatic rings. The summed E-state index contributed by atoms with van der Waals surface area (Å²) in [7, 11) is 0. The largest absolute Gasteiger partial charge is 0.353 e. The molecule has 1 aromatic heterocycles. The smallest absolute Gasteiger partial charge is 0.241 e. The van der Waals surface area contributed by atoms with Crippen LogP contribution in [0, 0.1) is 13.8 Å². The topological polar surface area (TPSA) is 83.8 Å². The van der Waals surface area contributed by atoms with Crippen LogP contribution in [0.15, 0.2) is 60.7 Å². The van der Waals surface area contributed by atoms with Crippen LogP contribution in [0.25, 0.3) is 0 Å². The van der Waals surface area contributed by atoms with E-state index in [2.05, 4.69) is 46.7 Å². The van der Waals surface area contributed by atoms with Gasteiger partial charge in [-0.15, -0.1) is 0 Å². The Morgan fingerprint density at radius 3 is 2.04 bits per heavy atom. The second-order valence-electron chi connectivity index (χ2n) is 7.11. The predicted molar refractivity (Wildman–Crippen MR) is 107 cm³/mol. The van der Waals surface area contributed by atoms with Crippen LogP contribution < -0.4 is 11.1 Å². The Kier molecular flexibility index (Phi) is 5.42. The molecule has 3 rings (SSSR count). The quantitative estimate of drug-likeness (QED) is 0.630. The number of nitrogens with one attached hydrogen (secondary N) is 2. The van der Waals surface area contributed by atoms with E-state index in [9.17, 15) is 4.79 Å². The number of carbonyl (C=O) groups is 1. The maximum Gasteiger partial charge on any atom is 0.241 e.